The van der Waals surface area contributed by atoms with E-state index in [0.29, 0.717) is 28.2 Å². The monoisotopic (exact) mass is 436 g/mol. The van der Waals surface area contributed by atoms with E-state index < -0.39 is 22.5 Å². The van der Waals surface area contributed by atoms with Crippen molar-refractivity contribution in [1.82, 2.24) is 9.97 Å². The molecule has 0 saturated heterocycles. The first-order valence-corrected chi connectivity index (χ1v) is 9.05. The van der Waals surface area contributed by atoms with Crippen molar-refractivity contribution < 1.29 is 19.7 Å². The largest absolute Gasteiger partial charge is 0.503 e. The lowest BCUT2D eigenvalue weighted by atomic mass is 9.95. The van der Waals surface area contributed by atoms with Crippen LogP contribution in [-0.4, -0.2) is 32.8 Å². The van der Waals surface area contributed by atoms with E-state index in [1.165, 1.54) is 6.08 Å². The molecule has 0 spiro atoms. The summed E-state index contributed by atoms with van der Waals surface area (Å²) < 4.78 is 5.81. The number of aromatic nitrogens is 2. The van der Waals surface area contributed by atoms with Gasteiger partial charge in [0.1, 0.15) is 5.82 Å². The van der Waals surface area contributed by atoms with Crippen molar-refractivity contribution in [1.29, 1.82) is 0 Å². The van der Waals surface area contributed by atoms with Crippen LogP contribution in [0.1, 0.15) is 55.1 Å². The summed E-state index contributed by atoms with van der Waals surface area (Å²) in [6.07, 6.45) is 3.07. The number of aromatic carboxylic acids is 1. The van der Waals surface area contributed by atoms with Gasteiger partial charge in [-0.2, -0.15) is 0 Å². The predicted molar refractivity (Wildman–Crippen MR) is 106 cm³/mol. The first-order valence-electron chi connectivity index (χ1n) is 8.26. The molecular formula is C19H21BrN2O5. The molecule has 144 valence electrons. The minimum atomic E-state index is -1.36. The number of nitrogens with zero attached hydrogens (tertiary/aromatic N) is 1. The molecule has 2 rings (SSSR count). The molecule has 2 aromatic rings. The van der Waals surface area contributed by atoms with Crippen LogP contribution in [0.5, 0.6) is 11.5 Å². The van der Waals surface area contributed by atoms with Crippen LogP contribution in [0.25, 0.3) is 12.2 Å². The molecule has 3 N–H and O–H groups in total. The number of rotatable bonds is 5. The predicted octanol–water partition coefficient (Wildman–Crippen LogP) is 3.80. The lowest BCUT2D eigenvalue weighted by Crippen LogP contribution is -2.27. The smallest absolute Gasteiger partial charge is 0.343 e. The van der Waals surface area contributed by atoms with Gasteiger partial charge < -0.3 is 19.9 Å². The number of halogens is 1. The van der Waals surface area contributed by atoms with Gasteiger partial charge in [-0.25, -0.2) is 9.78 Å². The lowest BCUT2D eigenvalue weighted by molar-refractivity contribution is 0.0694. The molecular weight excluding hydrogens is 416 g/mol. The number of aromatic hydroxyl groups is 1. The van der Waals surface area contributed by atoms with E-state index in [2.05, 4.69) is 25.9 Å². The van der Waals surface area contributed by atoms with Gasteiger partial charge in [0.15, 0.2) is 17.1 Å². The molecule has 7 nitrogen and oxygen atoms in total. The third-order valence-electron chi connectivity index (χ3n) is 3.66. The van der Waals surface area contributed by atoms with Gasteiger partial charge in [-0.1, -0.05) is 26.8 Å². The number of H-pyrrole nitrogens is 1. The molecule has 8 heteroatoms. The second kappa shape index (κ2) is 7.96. The van der Waals surface area contributed by atoms with Crippen LogP contribution in [0.4, 0.5) is 0 Å². The van der Waals surface area contributed by atoms with Crippen molar-refractivity contribution in [3.05, 3.63) is 49.6 Å². The number of phenols is 1. The standard InChI is InChI=1S/C19H21BrN2O5/c1-5-27-13-9-10(8-11(20)15(13)23)6-7-12-14(17(25)26)16(24)22-18(21-12)19(2,3)4/h6-9,23H,5H2,1-4H3,(H,25,26)(H,21,22,24). The summed E-state index contributed by atoms with van der Waals surface area (Å²) in [6.45, 7) is 7.77. The summed E-state index contributed by atoms with van der Waals surface area (Å²) in [5.74, 6) is -0.700. The van der Waals surface area contributed by atoms with E-state index in [4.69, 9.17) is 4.74 Å². The van der Waals surface area contributed by atoms with E-state index in [1.807, 2.05) is 20.8 Å². The maximum Gasteiger partial charge on any atom is 0.343 e. The Morgan fingerprint density at radius 3 is 2.56 bits per heavy atom. The summed E-state index contributed by atoms with van der Waals surface area (Å²) in [5.41, 5.74) is -0.897. The van der Waals surface area contributed by atoms with E-state index in [1.54, 1.807) is 25.1 Å². The van der Waals surface area contributed by atoms with Gasteiger partial charge in [0.05, 0.1) is 16.8 Å². The van der Waals surface area contributed by atoms with E-state index in [0.717, 1.165) is 0 Å². The van der Waals surface area contributed by atoms with Gasteiger partial charge >= 0.3 is 5.97 Å². The quantitative estimate of drug-likeness (QED) is 0.656. The van der Waals surface area contributed by atoms with Crippen molar-refractivity contribution in [2.45, 2.75) is 33.1 Å². The highest BCUT2D eigenvalue weighted by atomic mass is 79.9. The van der Waals surface area contributed by atoms with Crippen LogP contribution in [0.3, 0.4) is 0 Å². The number of ether oxygens (including phenoxy) is 1. The fourth-order valence-electron chi connectivity index (χ4n) is 2.30. The van der Waals surface area contributed by atoms with Crippen LogP contribution in [0, 0.1) is 0 Å². The number of carbonyl (C=O) groups is 1. The topological polar surface area (TPSA) is 113 Å². The first-order chi connectivity index (χ1) is 12.5. The van der Waals surface area contributed by atoms with Gasteiger partial charge in [-0.05, 0) is 46.6 Å². The maximum atomic E-state index is 12.2. The van der Waals surface area contributed by atoms with Crippen molar-refractivity contribution in [3.8, 4) is 11.5 Å². The van der Waals surface area contributed by atoms with Crippen molar-refractivity contribution >= 4 is 34.1 Å². The molecule has 0 bridgehead atoms. The third-order valence-corrected chi connectivity index (χ3v) is 4.26. The summed E-state index contributed by atoms with van der Waals surface area (Å²) in [7, 11) is 0. The number of hydrogen-bond donors (Lipinski definition) is 3. The van der Waals surface area contributed by atoms with E-state index >= 15 is 0 Å². The average molecular weight is 437 g/mol. The third kappa shape index (κ3) is 4.77. The molecule has 0 aliphatic carbocycles. The van der Waals surface area contributed by atoms with Crippen LogP contribution in [0.2, 0.25) is 0 Å². The molecule has 1 aromatic heterocycles. The highest BCUT2D eigenvalue weighted by molar-refractivity contribution is 9.10. The number of carboxylic acid groups (broad SMARTS) is 1. The SMILES string of the molecule is CCOc1cc(C=Cc2nc(C(C)(C)C)[nH]c(=O)c2C(=O)O)cc(Br)c1O. The highest BCUT2D eigenvalue weighted by Gasteiger charge is 2.22. The minimum Gasteiger partial charge on any atom is -0.503 e. The normalized spacial score (nSPS) is 11.7. The van der Waals surface area contributed by atoms with Gasteiger partial charge in [0, 0.05) is 5.41 Å². The first kappa shape index (κ1) is 20.7. The number of phenolic OH excluding ortho intramolecular Hbond substituents is 1. The fourth-order valence-corrected chi connectivity index (χ4v) is 2.76. The Balaban J connectivity index is 2.57. The van der Waals surface area contributed by atoms with Crippen LogP contribution < -0.4 is 10.3 Å². The molecule has 0 fully saturated rings. The summed E-state index contributed by atoms with van der Waals surface area (Å²) in [5, 5.41) is 19.4. The lowest BCUT2D eigenvalue weighted by Gasteiger charge is -2.17. The molecule has 0 atom stereocenters. The van der Waals surface area contributed by atoms with Crippen molar-refractivity contribution in [2.24, 2.45) is 0 Å². The maximum absolute atomic E-state index is 12.2. The Bertz CT molecular complexity index is 958. The summed E-state index contributed by atoms with van der Waals surface area (Å²) >= 11 is 3.25. The Morgan fingerprint density at radius 2 is 2.00 bits per heavy atom. The number of carboxylic acids is 1. The zero-order valence-electron chi connectivity index (χ0n) is 15.5. The second-order valence-corrected chi connectivity index (χ2v) is 7.70. The van der Waals surface area contributed by atoms with Gasteiger partial charge in [-0.15, -0.1) is 0 Å². The highest BCUT2D eigenvalue weighted by Crippen LogP contribution is 2.36. The summed E-state index contributed by atoms with van der Waals surface area (Å²) in [4.78, 5) is 30.6. The number of benzene rings is 1. The molecule has 1 heterocycles. The van der Waals surface area contributed by atoms with Crippen LogP contribution in [0.15, 0.2) is 21.4 Å². The second-order valence-electron chi connectivity index (χ2n) is 6.85. The zero-order chi connectivity index (χ0) is 20.4. The van der Waals surface area contributed by atoms with Crippen LogP contribution >= 0.6 is 15.9 Å². The molecule has 27 heavy (non-hydrogen) atoms. The number of nitrogens with one attached hydrogen (secondary N) is 1. The molecule has 0 unspecified atom stereocenters. The van der Waals surface area contributed by atoms with Gasteiger partial charge in [-0.3, -0.25) is 4.79 Å². The Morgan fingerprint density at radius 1 is 1.33 bits per heavy atom. The summed E-state index contributed by atoms with van der Waals surface area (Å²) in [6, 6.07) is 3.25. The molecule has 0 aliphatic heterocycles. The Kier molecular flexibility index (Phi) is 6.10. The molecule has 0 aliphatic rings. The van der Waals surface area contributed by atoms with Gasteiger partial charge in [0.25, 0.3) is 5.56 Å². The Labute approximate surface area is 164 Å². The molecule has 0 radical (unpaired) electrons. The molecule has 1 aromatic carbocycles. The van der Waals surface area contributed by atoms with Crippen molar-refractivity contribution in [3.63, 3.8) is 0 Å². The average Bonchev–Trinajstić information content (AvgIpc) is 2.55. The zero-order valence-corrected chi connectivity index (χ0v) is 17.0. The molecule has 0 saturated carbocycles. The number of aromatic amines is 1. The van der Waals surface area contributed by atoms with E-state index in [-0.39, 0.29) is 11.4 Å². The van der Waals surface area contributed by atoms with Gasteiger partial charge in [0.2, 0.25) is 0 Å². The fraction of sp³-hybridized carbons (Fsp3) is 0.316. The minimum absolute atomic E-state index is 0.0236. The Hall–Kier alpha value is -2.61. The van der Waals surface area contributed by atoms with Crippen molar-refractivity contribution in [2.75, 3.05) is 6.61 Å². The van der Waals surface area contributed by atoms with E-state index in [9.17, 15) is 19.8 Å². The number of hydrogen-bond acceptors (Lipinski definition) is 5. The van der Waals surface area contributed by atoms with Crippen LogP contribution in [-0.2, 0) is 5.41 Å². The molecule has 0 amide bonds.